The van der Waals surface area contributed by atoms with E-state index >= 15 is 0 Å². The van der Waals surface area contributed by atoms with E-state index in [9.17, 15) is 14.0 Å². The van der Waals surface area contributed by atoms with Gasteiger partial charge in [-0.3, -0.25) is 14.5 Å². The van der Waals surface area contributed by atoms with Crippen LogP contribution in [0.15, 0.2) is 48.5 Å². The van der Waals surface area contributed by atoms with Gasteiger partial charge in [0.15, 0.2) is 0 Å². The van der Waals surface area contributed by atoms with E-state index < -0.39 is 0 Å². The fourth-order valence-electron chi connectivity index (χ4n) is 3.26. The second-order valence-corrected chi connectivity index (χ2v) is 7.10. The topological polar surface area (TPSA) is 61.9 Å². The van der Waals surface area contributed by atoms with Crippen LogP contribution in [0.4, 0.5) is 4.39 Å². The van der Waals surface area contributed by atoms with Crippen molar-refractivity contribution in [2.75, 3.05) is 39.8 Å². The Hall–Kier alpha value is -2.77. The number of benzene rings is 2. The predicted octanol–water partition coefficient (Wildman–Crippen LogP) is 2.05. The molecule has 0 aromatic heterocycles. The average molecular weight is 399 g/mol. The Kier molecular flexibility index (Phi) is 7.32. The zero-order valence-electron chi connectivity index (χ0n) is 16.6. The first-order valence-corrected chi connectivity index (χ1v) is 9.66. The maximum atomic E-state index is 13.0. The van der Waals surface area contributed by atoms with Crippen LogP contribution in [0.25, 0.3) is 0 Å². The summed E-state index contributed by atoms with van der Waals surface area (Å²) in [5.41, 5.74) is 2.61. The highest BCUT2D eigenvalue weighted by Crippen LogP contribution is 2.10. The number of methoxy groups -OCH3 is 1. The summed E-state index contributed by atoms with van der Waals surface area (Å²) in [4.78, 5) is 28.5. The van der Waals surface area contributed by atoms with Crippen molar-refractivity contribution in [1.82, 2.24) is 15.1 Å². The molecule has 0 bridgehead atoms. The third-order valence-corrected chi connectivity index (χ3v) is 4.94. The summed E-state index contributed by atoms with van der Waals surface area (Å²) in [6.07, 6.45) is 0. The van der Waals surface area contributed by atoms with Gasteiger partial charge < -0.3 is 15.0 Å². The molecule has 6 nitrogen and oxygen atoms in total. The summed E-state index contributed by atoms with van der Waals surface area (Å²) >= 11 is 0. The quantitative estimate of drug-likeness (QED) is 0.774. The lowest BCUT2D eigenvalue weighted by molar-refractivity contribution is -0.122. The van der Waals surface area contributed by atoms with E-state index in [-0.39, 0.29) is 17.6 Å². The Morgan fingerprint density at radius 2 is 1.59 bits per heavy atom. The van der Waals surface area contributed by atoms with Gasteiger partial charge in [-0.15, -0.1) is 0 Å². The van der Waals surface area contributed by atoms with Crippen molar-refractivity contribution < 1.29 is 18.7 Å². The molecule has 0 atom stereocenters. The van der Waals surface area contributed by atoms with E-state index in [0.29, 0.717) is 51.4 Å². The Balaban J connectivity index is 1.40. The lowest BCUT2D eigenvalue weighted by atomic mass is 10.1. The molecule has 0 saturated carbocycles. The Bertz CT molecular complexity index is 816. The van der Waals surface area contributed by atoms with Crippen molar-refractivity contribution >= 4 is 11.8 Å². The van der Waals surface area contributed by atoms with Gasteiger partial charge in [-0.05, 0) is 35.4 Å². The van der Waals surface area contributed by atoms with E-state index in [1.54, 1.807) is 12.0 Å². The second-order valence-electron chi connectivity index (χ2n) is 7.10. The van der Waals surface area contributed by atoms with Gasteiger partial charge in [0.05, 0.1) is 13.2 Å². The van der Waals surface area contributed by atoms with Crippen LogP contribution in [0.5, 0.6) is 0 Å². The normalized spacial score (nSPS) is 14.6. The van der Waals surface area contributed by atoms with Crippen LogP contribution in [0.2, 0.25) is 0 Å². The minimum atomic E-state index is -0.358. The van der Waals surface area contributed by atoms with Crippen molar-refractivity contribution in [3.63, 3.8) is 0 Å². The van der Waals surface area contributed by atoms with Gasteiger partial charge >= 0.3 is 0 Å². The minimum absolute atomic E-state index is 0.0377. The standard InChI is InChI=1S/C22H26FN3O3/c1-29-16-18-4-2-17(3-5-18)14-24-21(27)15-25-10-12-26(13-11-25)22(28)19-6-8-20(23)9-7-19/h2-9H,10-16H2,1H3,(H,24,27). The number of nitrogens with one attached hydrogen (secondary N) is 1. The van der Waals surface area contributed by atoms with Gasteiger partial charge in [-0.25, -0.2) is 4.39 Å². The number of nitrogens with zero attached hydrogens (tertiary/aromatic N) is 2. The van der Waals surface area contributed by atoms with Crippen molar-refractivity contribution in [3.8, 4) is 0 Å². The van der Waals surface area contributed by atoms with Crippen molar-refractivity contribution in [2.45, 2.75) is 13.2 Å². The number of carbonyl (C=O) groups excluding carboxylic acids is 2. The highest BCUT2D eigenvalue weighted by molar-refractivity contribution is 5.94. The first-order chi connectivity index (χ1) is 14.0. The Labute approximate surface area is 170 Å². The highest BCUT2D eigenvalue weighted by Gasteiger charge is 2.23. The SMILES string of the molecule is COCc1ccc(CNC(=O)CN2CCN(C(=O)c3ccc(F)cc3)CC2)cc1. The van der Waals surface area contributed by atoms with E-state index in [4.69, 9.17) is 4.74 Å². The van der Waals surface area contributed by atoms with Crippen molar-refractivity contribution in [3.05, 3.63) is 71.0 Å². The van der Waals surface area contributed by atoms with Crippen LogP contribution in [0.3, 0.4) is 0 Å². The maximum absolute atomic E-state index is 13.0. The average Bonchev–Trinajstić information content (AvgIpc) is 2.74. The lowest BCUT2D eigenvalue weighted by Gasteiger charge is -2.34. The van der Waals surface area contributed by atoms with Crippen LogP contribution < -0.4 is 5.32 Å². The van der Waals surface area contributed by atoms with Gasteiger partial charge in [0.1, 0.15) is 5.82 Å². The fraction of sp³-hybridized carbons (Fsp3) is 0.364. The van der Waals surface area contributed by atoms with Crippen LogP contribution >= 0.6 is 0 Å². The van der Waals surface area contributed by atoms with Crippen LogP contribution in [-0.2, 0) is 22.7 Å². The van der Waals surface area contributed by atoms with E-state index in [1.807, 2.05) is 29.2 Å². The third-order valence-electron chi connectivity index (χ3n) is 4.94. The van der Waals surface area contributed by atoms with Crippen molar-refractivity contribution in [2.24, 2.45) is 0 Å². The Morgan fingerprint density at radius 1 is 0.966 bits per heavy atom. The maximum Gasteiger partial charge on any atom is 0.253 e. The molecule has 1 aliphatic rings. The number of halogens is 1. The molecule has 3 rings (SSSR count). The summed E-state index contributed by atoms with van der Waals surface area (Å²) in [7, 11) is 1.66. The molecule has 0 radical (unpaired) electrons. The molecule has 0 spiro atoms. The minimum Gasteiger partial charge on any atom is -0.380 e. The zero-order valence-corrected chi connectivity index (χ0v) is 16.6. The molecule has 1 N–H and O–H groups in total. The number of piperazine rings is 1. The predicted molar refractivity (Wildman–Crippen MR) is 108 cm³/mol. The number of ether oxygens (including phenoxy) is 1. The fourth-order valence-corrected chi connectivity index (χ4v) is 3.26. The first kappa shape index (κ1) is 21.0. The van der Waals surface area contributed by atoms with Gasteiger partial charge in [0.25, 0.3) is 5.91 Å². The number of hydrogen-bond acceptors (Lipinski definition) is 4. The lowest BCUT2D eigenvalue weighted by Crippen LogP contribution is -2.51. The van der Waals surface area contributed by atoms with E-state index in [0.717, 1.165) is 11.1 Å². The molecule has 7 heteroatoms. The molecule has 29 heavy (non-hydrogen) atoms. The van der Waals surface area contributed by atoms with Gasteiger partial charge in [0.2, 0.25) is 5.91 Å². The summed E-state index contributed by atoms with van der Waals surface area (Å²) < 4.78 is 18.1. The number of hydrogen-bond donors (Lipinski definition) is 1. The molecule has 0 aliphatic carbocycles. The summed E-state index contributed by atoms with van der Waals surface area (Å²) in [5, 5.41) is 2.93. The summed E-state index contributed by atoms with van der Waals surface area (Å²) in [5.74, 6) is -0.501. The molecule has 2 aromatic carbocycles. The Morgan fingerprint density at radius 3 is 2.21 bits per heavy atom. The first-order valence-electron chi connectivity index (χ1n) is 9.66. The number of carbonyl (C=O) groups is 2. The summed E-state index contributed by atoms with van der Waals surface area (Å²) in [6, 6.07) is 13.5. The molecular weight excluding hydrogens is 373 g/mol. The smallest absolute Gasteiger partial charge is 0.253 e. The molecule has 1 saturated heterocycles. The van der Waals surface area contributed by atoms with Crippen LogP contribution in [-0.4, -0.2) is 61.4 Å². The van der Waals surface area contributed by atoms with Crippen LogP contribution in [0.1, 0.15) is 21.5 Å². The summed E-state index contributed by atoms with van der Waals surface area (Å²) in [6.45, 7) is 3.71. The molecule has 1 heterocycles. The van der Waals surface area contributed by atoms with Gasteiger partial charge in [-0.1, -0.05) is 24.3 Å². The van der Waals surface area contributed by atoms with E-state index in [2.05, 4.69) is 5.32 Å². The number of amides is 2. The van der Waals surface area contributed by atoms with E-state index in [1.165, 1.54) is 24.3 Å². The molecule has 1 fully saturated rings. The number of rotatable bonds is 7. The monoisotopic (exact) mass is 399 g/mol. The van der Waals surface area contributed by atoms with Crippen LogP contribution in [0, 0.1) is 5.82 Å². The molecule has 2 aromatic rings. The molecule has 0 unspecified atom stereocenters. The zero-order chi connectivity index (χ0) is 20.6. The van der Waals surface area contributed by atoms with Gasteiger partial charge in [-0.2, -0.15) is 0 Å². The van der Waals surface area contributed by atoms with Crippen molar-refractivity contribution in [1.29, 1.82) is 0 Å². The molecule has 154 valence electrons. The molecular formula is C22H26FN3O3. The second kappa shape index (κ2) is 10.1. The highest BCUT2D eigenvalue weighted by atomic mass is 19.1. The molecule has 2 amide bonds. The third kappa shape index (κ3) is 6.10. The van der Waals surface area contributed by atoms with Gasteiger partial charge in [0, 0.05) is 45.4 Å². The largest absolute Gasteiger partial charge is 0.380 e. The molecule has 1 aliphatic heterocycles.